The van der Waals surface area contributed by atoms with Crippen LogP contribution in [0.25, 0.3) is 0 Å². The molecule has 1 aliphatic rings. The predicted molar refractivity (Wildman–Crippen MR) is 70.5 cm³/mol. The number of rotatable bonds is 5. The maximum Gasteiger partial charge on any atom is 0.222 e. The van der Waals surface area contributed by atoms with Gasteiger partial charge in [-0.05, 0) is 42.2 Å². The van der Waals surface area contributed by atoms with E-state index in [1.165, 1.54) is 11.3 Å². The van der Waals surface area contributed by atoms with Crippen molar-refractivity contribution in [2.45, 2.75) is 37.9 Å². The lowest BCUT2D eigenvalue weighted by atomic mass is 9.99. The Morgan fingerprint density at radius 2 is 2.56 bits per heavy atom. The fourth-order valence-corrected chi connectivity index (χ4v) is 2.81. The molecule has 2 heterocycles. The van der Waals surface area contributed by atoms with E-state index in [2.05, 4.69) is 5.32 Å². The van der Waals surface area contributed by atoms with Crippen LogP contribution in [0, 0.1) is 0 Å². The van der Waals surface area contributed by atoms with Crippen LogP contribution >= 0.6 is 11.3 Å². The van der Waals surface area contributed by atoms with Gasteiger partial charge in [-0.25, -0.2) is 0 Å². The van der Waals surface area contributed by atoms with Gasteiger partial charge in [0.05, 0.1) is 19.1 Å². The van der Waals surface area contributed by atoms with E-state index in [0.29, 0.717) is 6.42 Å². The minimum atomic E-state index is -1.01. The fourth-order valence-electron chi connectivity index (χ4n) is 2.03. The summed E-state index contributed by atoms with van der Waals surface area (Å²) in [6.45, 7) is 2.70. The van der Waals surface area contributed by atoms with Crippen LogP contribution in [0.15, 0.2) is 16.8 Å². The molecule has 1 aromatic rings. The third-order valence-corrected chi connectivity index (χ3v) is 3.89. The van der Waals surface area contributed by atoms with Gasteiger partial charge in [0.1, 0.15) is 5.60 Å². The van der Waals surface area contributed by atoms with Crippen LogP contribution in [0.4, 0.5) is 0 Å². The first-order chi connectivity index (χ1) is 8.58. The van der Waals surface area contributed by atoms with E-state index in [1.807, 2.05) is 16.8 Å². The van der Waals surface area contributed by atoms with Crippen molar-refractivity contribution in [3.8, 4) is 0 Å². The Labute approximate surface area is 111 Å². The van der Waals surface area contributed by atoms with Crippen molar-refractivity contribution in [2.24, 2.45) is 0 Å². The van der Waals surface area contributed by atoms with Crippen molar-refractivity contribution >= 4 is 17.2 Å². The minimum absolute atomic E-state index is 0.0519. The maximum atomic E-state index is 11.7. The molecule has 100 valence electrons. The summed E-state index contributed by atoms with van der Waals surface area (Å²) in [7, 11) is 0. The second kappa shape index (κ2) is 5.82. The monoisotopic (exact) mass is 269 g/mol. The normalized spacial score (nSPS) is 22.7. The molecule has 1 saturated heterocycles. The van der Waals surface area contributed by atoms with Gasteiger partial charge in [0.2, 0.25) is 5.91 Å². The molecule has 1 fully saturated rings. The van der Waals surface area contributed by atoms with Crippen LogP contribution < -0.4 is 5.32 Å². The number of nitrogens with one attached hydrogen (secondary N) is 1. The van der Waals surface area contributed by atoms with Crippen LogP contribution in [-0.4, -0.2) is 30.3 Å². The summed E-state index contributed by atoms with van der Waals surface area (Å²) in [6, 6.07) is 1.87. The summed E-state index contributed by atoms with van der Waals surface area (Å²) in [5.41, 5.74) is -0.170. The highest BCUT2D eigenvalue weighted by molar-refractivity contribution is 7.08. The Kier molecular flexibility index (Phi) is 4.37. The fraction of sp³-hybridized carbons (Fsp3) is 0.615. The van der Waals surface area contributed by atoms with Crippen LogP contribution in [0.2, 0.25) is 0 Å². The summed E-state index contributed by atoms with van der Waals surface area (Å²) >= 11 is 1.53. The Balaban J connectivity index is 1.78. The highest BCUT2D eigenvalue weighted by atomic mass is 32.1. The maximum absolute atomic E-state index is 11.7. The van der Waals surface area contributed by atoms with Crippen molar-refractivity contribution < 1.29 is 14.6 Å². The van der Waals surface area contributed by atoms with Gasteiger partial charge in [-0.15, -0.1) is 0 Å². The molecule has 1 amide bonds. The Hall–Kier alpha value is -0.910. The lowest BCUT2D eigenvalue weighted by Crippen LogP contribution is -2.39. The molecule has 2 rings (SSSR count). The number of thiophene rings is 1. The number of carbonyl (C=O) groups excluding carboxylic acids is 1. The van der Waals surface area contributed by atoms with E-state index in [4.69, 9.17) is 4.74 Å². The molecule has 18 heavy (non-hydrogen) atoms. The predicted octanol–water partition coefficient (Wildman–Crippen LogP) is 1.64. The third kappa shape index (κ3) is 3.54. The largest absolute Gasteiger partial charge is 0.384 e. The van der Waals surface area contributed by atoms with Gasteiger partial charge in [-0.2, -0.15) is 11.3 Å². The molecule has 2 N–H and O–H groups in total. The van der Waals surface area contributed by atoms with Crippen molar-refractivity contribution in [2.75, 3.05) is 13.2 Å². The first-order valence-corrected chi connectivity index (χ1v) is 7.15. The van der Waals surface area contributed by atoms with Crippen LogP contribution in [0.1, 0.15) is 31.7 Å². The molecule has 0 aliphatic carbocycles. The Morgan fingerprint density at radius 3 is 3.17 bits per heavy atom. The minimum Gasteiger partial charge on any atom is -0.384 e. The SMILES string of the molecule is CC(O)(CNC(=O)CC1CCCO1)c1ccsc1. The average Bonchev–Trinajstić information content (AvgIpc) is 2.99. The Morgan fingerprint density at radius 1 is 1.72 bits per heavy atom. The van der Waals surface area contributed by atoms with E-state index in [0.717, 1.165) is 25.0 Å². The molecule has 0 spiro atoms. The number of carbonyl (C=O) groups is 1. The molecular weight excluding hydrogens is 250 g/mol. The zero-order valence-corrected chi connectivity index (χ0v) is 11.3. The second-order valence-electron chi connectivity index (χ2n) is 4.90. The van der Waals surface area contributed by atoms with E-state index in [1.54, 1.807) is 6.92 Å². The number of hydrogen-bond donors (Lipinski definition) is 2. The van der Waals surface area contributed by atoms with Crippen LogP contribution in [-0.2, 0) is 15.1 Å². The second-order valence-corrected chi connectivity index (χ2v) is 5.68. The van der Waals surface area contributed by atoms with Gasteiger partial charge >= 0.3 is 0 Å². The molecule has 0 radical (unpaired) electrons. The first kappa shape index (κ1) is 13.5. The quantitative estimate of drug-likeness (QED) is 0.854. The van der Waals surface area contributed by atoms with Crippen molar-refractivity contribution in [3.63, 3.8) is 0 Å². The number of amides is 1. The summed E-state index contributed by atoms with van der Waals surface area (Å²) in [5.74, 6) is -0.0580. The third-order valence-electron chi connectivity index (χ3n) is 3.21. The highest BCUT2D eigenvalue weighted by Gasteiger charge is 2.25. The van der Waals surface area contributed by atoms with E-state index in [-0.39, 0.29) is 18.6 Å². The zero-order valence-electron chi connectivity index (χ0n) is 10.5. The van der Waals surface area contributed by atoms with E-state index < -0.39 is 5.60 Å². The van der Waals surface area contributed by atoms with Crippen LogP contribution in [0.3, 0.4) is 0 Å². The highest BCUT2D eigenvalue weighted by Crippen LogP contribution is 2.22. The standard InChI is InChI=1S/C13H19NO3S/c1-13(16,10-4-6-18-8-10)9-14-12(15)7-11-3-2-5-17-11/h4,6,8,11,16H,2-3,5,7,9H2,1H3,(H,14,15). The van der Waals surface area contributed by atoms with Gasteiger partial charge in [0.25, 0.3) is 0 Å². The van der Waals surface area contributed by atoms with Gasteiger partial charge in [0, 0.05) is 6.61 Å². The summed E-state index contributed by atoms with van der Waals surface area (Å²) in [5, 5.41) is 16.8. The summed E-state index contributed by atoms with van der Waals surface area (Å²) in [6.07, 6.45) is 2.43. The van der Waals surface area contributed by atoms with E-state index >= 15 is 0 Å². The molecular formula is C13H19NO3S. The van der Waals surface area contributed by atoms with E-state index in [9.17, 15) is 9.90 Å². The van der Waals surface area contributed by atoms with Gasteiger partial charge in [0.15, 0.2) is 0 Å². The lowest BCUT2D eigenvalue weighted by Gasteiger charge is -2.23. The average molecular weight is 269 g/mol. The molecule has 4 nitrogen and oxygen atoms in total. The number of ether oxygens (including phenoxy) is 1. The molecule has 2 atom stereocenters. The van der Waals surface area contributed by atoms with Crippen molar-refractivity contribution in [3.05, 3.63) is 22.4 Å². The number of hydrogen-bond acceptors (Lipinski definition) is 4. The molecule has 2 unspecified atom stereocenters. The molecule has 0 bridgehead atoms. The number of aliphatic hydroxyl groups is 1. The molecule has 1 aromatic heterocycles. The molecule has 1 aliphatic heterocycles. The molecule has 5 heteroatoms. The van der Waals surface area contributed by atoms with Gasteiger partial charge in [-0.1, -0.05) is 0 Å². The smallest absolute Gasteiger partial charge is 0.222 e. The van der Waals surface area contributed by atoms with Gasteiger partial charge < -0.3 is 15.2 Å². The first-order valence-electron chi connectivity index (χ1n) is 6.21. The van der Waals surface area contributed by atoms with Crippen molar-refractivity contribution in [1.82, 2.24) is 5.32 Å². The lowest BCUT2D eigenvalue weighted by molar-refractivity contribution is -0.124. The van der Waals surface area contributed by atoms with Crippen molar-refractivity contribution in [1.29, 1.82) is 0 Å². The molecule has 0 saturated carbocycles. The Bertz CT molecular complexity index is 383. The topological polar surface area (TPSA) is 58.6 Å². The van der Waals surface area contributed by atoms with Crippen LogP contribution in [0.5, 0.6) is 0 Å². The van der Waals surface area contributed by atoms with Gasteiger partial charge in [-0.3, -0.25) is 4.79 Å². The summed E-state index contributed by atoms with van der Waals surface area (Å²) < 4.78 is 5.41. The summed E-state index contributed by atoms with van der Waals surface area (Å²) in [4.78, 5) is 11.7. The molecule has 0 aromatic carbocycles. The zero-order chi connectivity index (χ0) is 13.0.